The van der Waals surface area contributed by atoms with E-state index in [-0.39, 0.29) is 17.8 Å². The van der Waals surface area contributed by atoms with Crippen molar-refractivity contribution < 1.29 is 0 Å². The summed E-state index contributed by atoms with van der Waals surface area (Å²) in [5.41, 5.74) is 2.19. The molecule has 0 aromatic heterocycles. The van der Waals surface area contributed by atoms with Gasteiger partial charge in [0.25, 0.3) is 0 Å². The van der Waals surface area contributed by atoms with Crippen molar-refractivity contribution >= 4 is 12.4 Å². The SMILES string of the molecule is Cc1ccc(C2(C#N)CCN(C)CC2)cc1.Cl. The largest absolute Gasteiger partial charge is 0.306 e. The smallest absolute Gasteiger partial charge is 0.0846 e. The number of aryl methyl sites for hydroxylation is 1. The van der Waals surface area contributed by atoms with Crippen LogP contribution in [0.3, 0.4) is 0 Å². The first-order valence-corrected chi connectivity index (χ1v) is 5.83. The topological polar surface area (TPSA) is 27.0 Å². The van der Waals surface area contributed by atoms with E-state index >= 15 is 0 Å². The van der Waals surface area contributed by atoms with Gasteiger partial charge in [0.15, 0.2) is 0 Å². The van der Waals surface area contributed by atoms with E-state index in [1.54, 1.807) is 0 Å². The maximum absolute atomic E-state index is 9.48. The van der Waals surface area contributed by atoms with Crippen LogP contribution < -0.4 is 0 Å². The predicted molar refractivity (Wildman–Crippen MR) is 72.4 cm³/mol. The molecule has 0 radical (unpaired) electrons. The van der Waals surface area contributed by atoms with Crippen LogP contribution in [-0.2, 0) is 5.41 Å². The zero-order valence-corrected chi connectivity index (χ0v) is 11.3. The van der Waals surface area contributed by atoms with Gasteiger partial charge in [-0.3, -0.25) is 0 Å². The Balaban J connectivity index is 0.00000144. The minimum atomic E-state index is -0.250. The first-order chi connectivity index (χ1) is 7.66. The fraction of sp³-hybridized carbons (Fsp3) is 0.500. The molecule has 0 saturated carbocycles. The number of rotatable bonds is 1. The lowest BCUT2D eigenvalue weighted by molar-refractivity contribution is 0.222. The molecule has 0 spiro atoms. The molecular weight excluding hydrogens is 232 g/mol. The minimum absolute atomic E-state index is 0. The standard InChI is InChI=1S/C14H18N2.ClH/c1-12-3-5-13(6-4-12)14(11-15)7-9-16(2)10-8-14;/h3-6H,7-10H2,1-2H3;1H. The summed E-state index contributed by atoms with van der Waals surface area (Å²) < 4.78 is 0. The Bertz CT molecular complexity index is 397. The number of hydrogen-bond donors (Lipinski definition) is 0. The Morgan fingerprint density at radius 3 is 2.18 bits per heavy atom. The molecule has 2 nitrogen and oxygen atoms in total. The maximum Gasteiger partial charge on any atom is 0.0846 e. The summed E-state index contributed by atoms with van der Waals surface area (Å²) in [6.07, 6.45) is 1.89. The third-order valence-electron chi connectivity index (χ3n) is 3.66. The van der Waals surface area contributed by atoms with Crippen molar-refractivity contribution in [3.63, 3.8) is 0 Å². The fourth-order valence-corrected chi connectivity index (χ4v) is 2.34. The third-order valence-corrected chi connectivity index (χ3v) is 3.66. The highest BCUT2D eigenvalue weighted by molar-refractivity contribution is 5.85. The third kappa shape index (κ3) is 2.80. The molecule has 0 amide bonds. The van der Waals surface area contributed by atoms with E-state index in [2.05, 4.69) is 49.2 Å². The van der Waals surface area contributed by atoms with Gasteiger partial charge in [-0.2, -0.15) is 5.26 Å². The zero-order valence-electron chi connectivity index (χ0n) is 10.4. The van der Waals surface area contributed by atoms with Crippen molar-refractivity contribution in [1.29, 1.82) is 5.26 Å². The van der Waals surface area contributed by atoms with E-state index in [9.17, 15) is 5.26 Å². The summed E-state index contributed by atoms with van der Waals surface area (Å²) >= 11 is 0. The summed E-state index contributed by atoms with van der Waals surface area (Å²) in [6.45, 7) is 4.11. The summed E-state index contributed by atoms with van der Waals surface area (Å²) in [7, 11) is 2.12. The van der Waals surface area contributed by atoms with Crippen LogP contribution in [0.5, 0.6) is 0 Å². The van der Waals surface area contributed by atoms with Crippen molar-refractivity contribution in [2.75, 3.05) is 20.1 Å². The molecule has 0 bridgehead atoms. The highest BCUT2D eigenvalue weighted by Gasteiger charge is 2.35. The molecule has 0 N–H and O–H groups in total. The summed E-state index contributed by atoms with van der Waals surface area (Å²) in [5.74, 6) is 0. The van der Waals surface area contributed by atoms with Crippen LogP contribution in [0.1, 0.15) is 24.0 Å². The molecule has 1 aromatic rings. The van der Waals surface area contributed by atoms with Gasteiger partial charge < -0.3 is 4.90 Å². The zero-order chi connectivity index (χ0) is 11.6. The molecule has 3 heteroatoms. The van der Waals surface area contributed by atoms with Gasteiger partial charge in [-0.05, 0) is 45.5 Å². The van der Waals surface area contributed by atoms with Crippen LogP contribution in [0.2, 0.25) is 0 Å². The summed E-state index contributed by atoms with van der Waals surface area (Å²) in [6, 6.07) is 11.0. The lowest BCUT2D eigenvalue weighted by Gasteiger charge is -2.35. The number of nitrogens with zero attached hydrogens (tertiary/aromatic N) is 2. The number of likely N-dealkylation sites (tertiary alicyclic amines) is 1. The molecule has 1 aliphatic rings. The van der Waals surface area contributed by atoms with Crippen molar-refractivity contribution in [1.82, 2.24) is 4.90 Å². The molecule has 1 heterocycles. The van der Waals surface area contributed by atoms with Crippen molar-refractivity contribution in [3.8, 4) is 6.07 Å². The quantitative estimate of drug-likeness (QED) is 0.766. The van der Waals surface area contributed by atoms with Crippen LogP contribution in [-0.4, -0.2) is 25.0 Å². The van der Waals surface area contributed by atoms with Crippen molar-refractivity contribution in [3.05, 3.63) is 35.4 Å². The highest BCUT2D eigenvalue weighted by atomic mass is 35.5. The fourth-order valence-electron chi connectivity index (χ4n) is 2.34. The number of hydrogen-bond acceptors (Lipinski definition) is 2. The van der Waals surface area contributed by atoms with Crippen LogP contribution in [0, 0.1) is 18.3 Å². The van der Waals surface area contributed by atoms with Crippen molar-refractivity contribution in [2.24, 2.45) is 0 Å². The molecule has 2 rings (SSSR count). The molecule has 1 saturated heterocycles. The summed E-state index contributed by atoms with van der Waals surface area (Å²) in [4.78, 5) is 2.30. The number of halogens is 1. The van der Waals surface area contributed by atoms with Crippen LogP contribution >= 0.6 is 12.4 Å². The Kier molecular flexibility index (Phi) is 4.56. The lowest BCUT2D eigenvalue weighted by atomic mass is 9.74. The van der Waals surface area contributed by atoms with Crippen LogP contribution in [0.25, 0.3) is 0 Å². The second-order valence-corrected chi connectivity index (χ2v) is 4.86. The molecule has 1 aliphatic heterocycles. The van der Waals surface area contributed by atoms with Gasteiger partial charge in [0, 0.05) is 0 Å². The van der Waals surface area contributed by atoms with E-state index in [4.69, 9.17) is 0 Å². The molecule has 17 heavy (non-hydrogen) atoms. The molecule has 0 unspecified atom stereocenters. The average Bonchev–Trinajstić information content (AvgIpc) is 2.32. The highest BCUT2D eigenvalue weighted by Crippen LogP contribution is 2.34. The Labute approximate surface area is 110 Å². The summed E-state index contributed by atoms with van der Waals surface area (Å²) in [5, 5.41) is 9.48. The molecule has 92 valence electrons. The van der Waals surface area contributed by atoms with E-state index in [1.165, 1.54) is 11.1 Å². The van der Waals surface area contributed by atoms with E-state index < -0.39 is 0 Å². The van der Waals surface area contributed by atoms with Gasteiger partial charge in [0.1, 0.15) is 0 Å². The Morgan fingerprint density at radius 2 is 1.71 bits per heavy atom. The van der Waals surface area contributed by atoms with E-state index in [1.807, 2.05) is 0 Å². The Hall–Kier alpha value is -1.04. The minimum Gasteiger partial charge on any atom is -0.306 e. The van der Waals surface area contributed by atoms with E-state index in [0.717, 1.165) is 25.9 Å². The predicted octanol–water partition coefficient (Wildman–Crippen LogP) is 2.90. The number of nitriles is 1. The van der Waals surface area contributed by atoms with Gasteiger partial charge in [0.2, 0.25) is 0 Å². The average molecular weight is 251 g/mol. The second-order valence-electron chi connectivity index (χ2n) is 4.86. The molecule has 0 atom stereocenters. The first kappa shape index (κ1) is 14.0. The molecule has 0 aliphatic carbocycles. The van der Waals surface area contributed by atoms with E-state index in [0.29, 0.717) is 0 Å². The first-order valence-electron chi connectivity index (χ1n) is 5.83. The van der Waals surface area contributed by atoms with Crippen LogP contribution in [0.4, 0.5) is 0 Å². The van der Waals surface area contributed by atoms with Crippen LogP contribution in [0.15, 0.2) is 24.3 Å². The van der Waals surface area contributed by atoms with Gasteiger partial charge in [-0.15, -0.1) is 12.4 Å². The number of piperidine rings is 1. The Morgan fingerprint density at radius 1 is 1.18 bits per heavy atom. The number of benzene rings is 1. The van der Waals surface area contributed by atoms with Crippen molar-refractivity contribution in [2.45, 2.75) is 25.2 Å². The van der Waals surface area contributed by atoms with Gasteiger partial charge in [-0.1, -0.05) is 29.8 Å². The normalized spacial score (nSPS) is 19.1. The van der Waals surface area contributed by atoms with Gasteiger partial charge in [-0.25, -0.2) is 0 Å². The molecule has 1 aromatic carbocycles. The monoisotopic (exact) mass is 250 g/mol. The second kappa shape index (κ2) is 5.53. The molecule has 1 fully saturated rings. The lowest BCUT2D eigenvalue weighted by Crippen LogP contribution is -2.39. The van der Waals surface area contributed by atoms with Gasteiger partial charge >= 0.3 is 0 Å². The molecular formula is C14H19ClN2. The van der Waals surface area contributed by atoms with Gasteiger partial charge in [0.05, 0.1) is 11.5 Å². The maximum atomic E-state index is 9.48.